The second-order valence-electron chi connectivity index (χ2n) is 6.69. The van der Waals surface area contributed by atoms with E-state index in [0.717, 1.165) is 0 Å². The van der Waals surface area contributed by atoms with Crippen LogP contribution in [0, 0.1) is 0 Å². The smallest absolute Gasteiger partial charge is 0.379 e. The number of methoxy groups -OCH3 is 1. The van der Waals surface area contributed by atoms with Gasteiger partial charge in [0.05, 0.1) is 25.5 Å². The Kier molecular flexibility index (Phi) is 6.46. The zero-order chi connectivity index (χ0) is 23.4. The maximum atomic E-state index is 12.4. The molecule has 4 rings (SSSR count). The maximum Gasteiger partial charge on any atom is 0.379 e. The van der Waals surface area contributed by atoms with Crippen LogP contribution in [0.3, 0.4) is 0 Å². The number of carbonyl (C=O) groups is 2. The van der Waals surface area contributed by atoms with Crippen LogP contribution in [0.4, 0.5) is 0 Å². The van der Waals surface area contributed by atoms with E-state index in [0.29, 0.717) is 34.3 Å². The monoisotopic (exact) mass is 467 g/mol. The van der Waals surface area contributed by atoms with E-state index >= 15 is 0 Å². The number of rotatable bonds is 7. The molecule has 0 atom stereocenters. The van der Waals surface area contributed by atoms with Gasteiger partial charge < -0.3 is 23.4 Å². The molecule has 9 heteroatoms. The van der Waals surface area contributed by atoms with Crippen LogP contribution in [0.25, 0.3) is 6.08 Å². The molecule has 2 heterocycles. The Morgan fingerprint density at radius 1 is 1.12 bits per heavy atom. The summed E-state index contributed by atoms with van der Waals surface area (Å²) in [5, 5.41) is 0.447. The summed E-state index contributed by atoms with van der Waals surface area (Å²) in [5.41, 5.74) is 1.12. The first kappa shape index (κ1) is 22.2. The first-order chi connectivity index (χ1) is 16.0. The number of hydrogen-bond acceptors (Lipinski definition) is 8. The summed E-state index contributed by atoms with van der Waals surface area (Å²) in [7, 11) is 1.50. The standard InChI is InChI=1S/C24H18ClNO7/c1-3-30-21-12-14(6-8-19(21)32-24(28)20-5-4-10-31-20)11-17-23(27)33-22(26-17)16-13-15(25)7-9-18(16)29-2/h4-13H,3H2,1-2H3/b17-11-. The number of halogens is 1. The lowest BCUT2D eigenvalue weighted by Gasteiger charge is -2.10. The molecule has 0 saturated heterocycles. The highest BCUT2D eigenvalue weighted by molar-refractivity contribution is 6.31. The molecule has 3 aromatic rings. The molecule has 1 aliphatic rings. The van der Waals surface area contributed by atoms with Crippen LogP contribution in [0.15, 0.2) is 69.9 Å². The molecule has 1 aliphatic heterocycles. The van der Waals surface area contributed by atoms with E-state index in [1.165, 1.54) is 25.5 Å². The van der Waals surface area contributed by atoms with E-state index in [9.17, 15) is 9.59 Å². The van der Waals surface area contributed by atoms with E-state index in [2.05, 4.69) is 4.99 Å². The van der Waals surface area contributed by atoms with Crippen LogP contribution in [-0.4, -0.2) is 31.6 Å². The summed E-state index contributed by atoms with van der Waals surface area (Å²) in [6.07, 6.45) is 2.91. The highest BCUT2D eigenvalue weighted by atomic mass is 35.5. The minimum atomic E-state index is -0.656. The van der Waals surface area contributed by atoms with Gasteiger partial charge in [0.2, 0.25) is 11.7 Å². The van der Waals surface area contributed by atoms with Gasteiger partial charge in [0.25, 0.3) is 0 Å². The second kappa shape index (κ2) is 9.62. The van der Waals surface area contributed by atoms with Crippen molar-refractivity contribution >= 4 is 35.5 Å². The topological polar surface area (TPSA) is 96.6 Å². The summed E-state index contributed by atoms with van der Waals surface area (Å²) in [5.74, 6) is -0.139. The fraction of sp³-hybridized carbons (Fsp3) is 0.125. The second-order valence-corrected chi connectivity index (χ2v) is 7.12. The summed E-state index contributed by atoms with van der Waals surface area (Å²) in [4.78, 5) is 28.9. The van der Waals surface area contributed by atoms with Crippen molar-refractivity contribution in [3.63, 3.8) is 0 Å². The maximum absolute atomic E-state index is 12.4. The number of furan rings is 1. The van der Waals surface area contributed by atoms with Crippen molar-refractivity contribution in [2.24, 2.45) is 4.99 Å². The quantitative estimate of drug-likeness (QED) is 0.277. The molecule has 0 amide bonds. The Hall–Kier alpha value is -4.04. The molecule has 0 unspecified atom stereocenters. The third kappa shape index (κ3) is 4.91. The minimum Gasteiger partial charge on any atom is -0.496 e. The van der Waals surface area contributed by atoms with Gasteiger partial charge in [-0.05, 0) is 61.0 Å². The fourth-order valence-electron chi connectivity index (χ4n) is 3.04. The van der Waals surface area contributed by atoms with Crippen LogP contribution in [0.1, 0.15) is 28.6 Å². The molecule has 0 radical (unpaired) electrons. The van der Waals surface area contributed by atoms with Gasteiger partial charge in [-0.25, -0.2) is 14.6 Å². The van der Waals surface area contributed by atoms with Gasteiger partial charge in [-0.1, -0.05) is 17.7 Å². The molecule has 1 aromatic heterocycles. The van der Waals surface area contributed by atoms with Crippen molar-refractivity contribution in [3.05, 3.63) is 82.4 Å². The zero-order valence-electron chi connectivity index (χ0n) is 17.7. The number of carbonyl (C=O) groups excluding carboxylic acids is 2. The van der Waals surface area contributed by atoms with Gasteiger partial charge in [-0.2, -0.15) is 0 Å². The van der Waals surface area contributed by atoms with Crippen molar-refractivity contribution < 1.29 is 33.0 Å². The lowest BCUT2D eigenvalue weighted by atomic mass is 10.1. The Morgan fingerprint density at radius 3 is 2.67 bits per heavy atom. The van der Waals surface area contributed by atoms with Crippen LogP contribution in [-0.2, 0) is 9.53 Å². The predicted molar refractivity (Wildman–Crippen MR) is 120 cm³/mol. The zero-order valence-corrected chi connectivity index (χ0v) is 18.4. The summed E-state index contributed by atoms with van der Waals surface area (Å²) >= 11 is 6.06. The molecule has 33 heavy (non-hydrogen) atoms. The molecule has 0 aliphatic carbocycles. The van der Waals surface area contributed by atoms with Gasteiger partial charge in [0.1, 0.15) is 5.75 Å². The number of benzene rings is 2. The molecule has 2 aromatic carbocycles. The molecule has 0 saturated carbocycles. The van der Waals surface area contributed by atoms with Crippen molar-refractivity contribution in [1.82, 2.24) is 0 Å². The molecular formula is C24H18ClNO7. The van der Waals surface area contributed by atoms with Crippen molar-refractivity contribution in [1.29, 1.82) is 0 Å². The van der Waals surface area contributed by atoms with Gasteiger partial charge >= 0.3 is 11.9 Å². The molecule has 8 nitrogen and oxygen atoms in total. The van der Waals surface area contributed by atoms with Crippen LogP contribution < -0.4 is 14.2 Å². The van der Waals surface area contributed by atoms with Crippen molar-refractivity contribution in [2.75, 3.05) is 13.7 Å². The first-order valence-electron chi connectivity index (χ1n) is 9.87. The predicted octanol–water partition coefficient (Wildman–Crippen LogP) is 4.90. The summed E-state index contributed by atoms with van der Waals surface area (Å²) < 4.78 is 26.6. The van der Waals surface area contributed by atoms with Crippen molar-refractivity contribution in [2.45, 2.75) is 6.92 Å². The normalized spacial score (nSPS) is 14.1. The summed E-state index contributed by atoms with van der Waals surface area (Å²) in [6, 6.07) is 12.8. The van der Waals surface area contributed by atoms with Gasteiger partial charge in [-0.15, -0.1) is 0 Å². The molecule has 0 bridgehead atoms. The Balaban J connectivity index is 1.63. The van der Waals surface area contributed by atoms with Crippen LogP contribution in [0.5, 0.6) is 17.2 Å². The third-order valence-electron chi connectivity index (χ3n) is 4.51. The van der Waals surface area contributed by atoms with Crippen molar-refractivity contribution in [3.8, 4) is 17.2 Å². The van der Waals surface area contributed by atoms with E-state index < -0.39 is 11.9 Å². The van der Waals surface area contributed by atoms with E-state index in [4.69, 9.17) is 35.0 Å². The fourth-order valence-corrected chi connectivity index (χ4v) is 3.21. The highest BCUT2D eigenvalue weighted by Gasteiger charge is 2.27. The average molecular weight is 468 g/mol. The Bertz CT molecular complexity index is 1260. The molecule has 0 N–H and O–H groups in total. The Morgan fingerprint density at radius 2 is 1.94 bits per heavy atom. The number of aliphatic imine (C=N–C) groups is 1. The SMILES string of the molecule is CCOc1cc(/C=C2\N=C(c3cc(Cl)ccc3OC)OC2=O)ccc1OC(=O)c1ccco1. The lowest BCUT2D eigenvalue weighted by molar-refractivity contribution is -0.129. The third-order valence-corrected chi connectivity index (χ3v) is 4.74. The molecular weight excluding hydrogens is 450 g/mol. The van der Waals surface area contributed by atoms with Gasteiger partial charge in [0.15, 0.2) is 17.2 Å². The molecule has 168 valence electrons. The van der Waals surface area contributed by atoms with Crippen LogP contribution >= 0.6 is 11.6 Å². The minimum absolute atomic E-state index is 0.0654. The molecule has 0 spiro atoms. The number of hydrogen-bond donors (Lipinski definition) is 0. The van der Waals surface area contributed by atoms with Gasteiger partial charge in [0, 0.05) is 5.02 Å². The summed E-state index contributed by atoms with van der Waals surface area (Å²) in [6.45, 7) is 2.14. The lowest BCUT2D eigenvalue weighted by Crippen LogP contribution is -2.08. The number of esters is 2. The number of ether oxygens (including phenoxy) is 4. The number of nitrogens with zero attached hydrogens (tertiary/aromatic N) is 1. The highest BCUT2D eigenvalue weighted by Crippen LogP contribution is 2.32. The number of cyclic esters (lactones) is 1. The van der Waals surface area contributed by atoms with Crippen LogP contribution in [0.2, 0.25) is 5.02 Å². The van der Waals surface area contributed by atoms with E-state index in [1.54, 1.807) is 49.4 Å². The average Bonchev–Trinajstić information content (AvgIpc) is 3.46. The van der Waals surface area contributed by atoms with E-state index in [-0.39, 0.29) is 23.1 Å². The van der Waals surface area contributed by atoms with Gasteiger partial charge in [-0.3, -0.25) is 0 Å². The molecule has 0 fully saturated rings. The first-order valence-corrected chi connectivity index (χ1v) is 10.2. The largest absolute Gasteiger partial charge is 0.496 e. The Labute approximate surface area is 194 Å². The van der Waals surface area contributed by atoms with E-state index in [1.807, 2.05) is 0 Å².